The summed E-state index contributed by atoms with van der Waals surface area (Å²) in [6.07, 6.45) is 1.72. The van der Waals surface area contributed by atoms with Crippen LogP contribution >= 0.6 is 0 Å². The minimum atomic E-state index is -3.50. The van der Waals surface area contributed by atoms with Gasteiger partial charge >= 0.3 is 6.03 Å². The lowest BCUT2D eigenvalue weighted by atomic mass is 10.2. The first-order chi connectivity index (χ1) is 11.7. The van der Waals surface area contributed by atoms with Crippen LogP contribution in [0.2, 0.25) is 0 Å². The highest BCUT2D eigenvalue weighted by molar-refractivity contribution is 7.92. The molecule has 9 nitrogen and oxygen atoms in total. The molecule has 0 spiro atoms. The van der Waals surface area contributed by atoms with Crippen molar-refractivity contribution in [2.75, 3.05) is 50.1 Å². The molecule has 3 amide bonds. The van der Waals surface area contributed by atoms with Crippen molar-refractivity contribution in [2.45, 2.75) is 6.42 Å². The number of carbonyl (C=O) groups excluding carboxylic acids is 2. The number of ether oxygens (including phenoxy) is 1. The van der Waals surface area contributed by atoms with E-state index in [1.807, 2.05) is 0 Å². The standard InChI is InChI=1S/C15H22N4O5S/c1-18-7-4-8-19(10-14(18)20)15(21)16-11-5-6-13(24-2)12(9-11)17-25(3,22)23/h5-6,9,17H,4,7-8,10H2,1-3H3,(H,16,21). The molecule has 0 unspecified atom stereocenters. The van der Waals surface area contributed by atoms with Crippen LogP contribution in [-0.2, 0) is 14.8 Å². The van der Waals surface area contributed by atoms with E-state index < -0.39 is 16.1 Å². The lowest BCUT2D eigenvalue weighted by molar-refractivity contribution is -0.129. The molecule has 0 saturated carbocycles. The molecule has 2 N–H and O–H groups in total. The van der Waals surface area contributed by atoms with Crippen LogP contribution in [0.25, 0.3) is 0 Å². The Morgan fingerprint density at radius 1 is 1.28 bits per heavy atom. The van der Waals surface area contributed by atoms with Crippen molar-refractivity contribution in [3.63, 3.8) is 0 Å². The predicted octanol–water partition coefficient (Wildman–Crippen LogP) is 0.763. The smallest absolute Gasteiger partial charge is 0.322 e. The van der Waals surface area contributed by atoms with Crippen LogP contribution in [0.5, 0.6) is 5.75 Å². The summed E-state index contributed by atoms with van der Waals surface area (Å²) < 4.78 is 30.3. The molecule has 1 aliphatic heterocycles. The molecule has 138 valence electrons. The number of nitrogens with one attached hydrogen (secondary N) is 2. The zero-order chi connectivity index (χ0) is 18.6. The zero-order valence-electron chi connectivity index (χ0n) is 14.4. The second-order valence-electron chi connectivity index (χ2n) is 5.81. The minimum Gasteiger partial charge on any atom is -0.495 e. The van der Waals surface area contributed by atoms with Crippen molar-refractivity contribution in [1.29, 1.82) is 0 Å². The highest BCUT2D eigenvalue weighted by Crippen LogP contribution is 2.28. The van der Waals surface area contributed by atoms with Crippen LogP contribution in [-0.4, -0.2) is 70.2 Å². The number of urea groups is 1. The number of amides is 3. The lowest BCUT2D eigenvalue weighted by Gasteiger charge is -2.21. The second-order valence-corrected chi connectivity index (χ2v) is 7.56. The van der Waals surface area contributed by atoms with Gasteiger partial charge in [0, 0.05) is 25.8 Å². The van der Waals surface area contributed by atoms with Crippen LogP contribution in [0.3, 0.4) is 0 Å². The molecule has 2 rings (SSSR count). The van der Waals surface area contributed by atoms with Gasteiger partial charge in [-0.25, -0.2) is 13.2 Å². The predicted molar refractivity (Wildman–Crippen MR) is 94.3 cm³/mol. The Labute approximate surface area is 147 Å². The maximum absolute atomic E-state index is 12.4. The van der Waals surface area contributed by atoms with E-state index in [0.717, 1.165) is 6.26 Å². The summed E-state index contributed by atoms with van der Waals surface area (Å²) >= 11 is 0. The molecule has 0 aromatic heterocycles. The van der Waals surface area contributed by atoms with Crippen LogP contribution in [0, 0.1) is 0 Å². The summed E-state index contributed by atoms with van der Waals surface area (Å²) in [5.74, 6) is 0.205. The topological polar surface area (TPSA) is 108 Å². The largest absolute Gasteiger partial charge is 0.495 e. The van der Waals surface area contributed by atoms with Crippen molar-refractivity contribution in [2.24, 2.45) is 0 Å². The van der Waals surface area contributed by atoms with Gasteiger partial charge in [-0.1, -0.05) is 0 Å². The second kappa shape index (κ2) is 7.60. The summed E-state index contributed by atoms with van der Waals surface area (Å²) in [4.78, 5) is 27.3. The highest BCUT2D eigenvalue weighted by atomic mass is 32.2. The SMILES string of the molecule is COc1ccc(NC(=O)N2CCCN(C)C(=O)C2)cc1NS(C)(=O)=O. The van der Waals surface area contributed by atoms with Gasteiger partial charge in [-0.15, -0.1) is 0 Å². The van der Waals surface area contributed by atoms with Crippen molar-refractivity contribution < 1.29 is 22.7 Å². The Morgan fingerprint density at radius 2 is 2.00 bits per heavy atom. The molecular weight excluding hydrogens is 348 g/mol. The van der Waals surface area contributed by atoms with Gasteiger partial charge in [0.15, 0.2) is 0 Å². The fraction of sp³-hybridized carbons (Fsp3) is 0.467. The van der Waals surface area contributed by atoms with Crippen LogP contribution < -0.4 is 14.8 Å². The summed E-state index contributed by atoms with van der Waals surface area (Å²) in [7, 11) is -0.375. The summed E-state index contributed by atoms with van der Waals surface area (Å²) in [6.45, 7) is 1.08. The van der Waals surface area contributed by atoms with Crippen molar-refractivity contribution >= 4 is 33.3 Å². The molecular formula is C15H22N4O5S. The van der Waals surface area contributed by atoms with Crippen LogP contribution in [0.4, 0.5) is 16.2 Å². The number of sulfonamides is 1. The Kier molecular flexibility index (Phi) is 5.73. The fourth-order valence-electron chi connectivity index (χ4n) is 2.43. The van der Waals surface area contributed by atoms with Crippen LogP contribution in [0.1, 0.15) is 6.42 Å². The quantitative estimate of drug-likeness (QED) is 0.814. The molecule has 0 bridgehead atoms. The molecule has 0 aliphatic carbocycles. The van der Waals surface area contributed by atoms with Crippen LogP contribution in [0.15, 0.2) is 18.2 Å². The molecule has 10 heteroatoms. The summed E-state index contributed by atoms with van der Waals surface area (Å²) in [6, 6.07) is 4.18. The highest BCUT2D eigenvalue weighted by Gasteiger charge is 2.23. The lowest BCUT2D eigenvalue weighted by Crippen LogP contribution is -2.40. The molecule has 25 heavy (non-hydrogen) atoms. The van der Waals surface area contributed by atoms with E-state index in [1.54, 1.807) is 24.1 Å². The first-order valence-corrected chi connectivity index (χ1v) is 9.54. The van der Waals surface area contributed by atoms with Crippen molar-refractivity contribution in [1.82, 2.24) is 9.80 Å². The fourth-order valence-corrected chi connectivity index (χ4v) is 2.99. The monoisotopic (exact) mass is 370 g/mol. The van der Waals surface area contributed by atoms with Gasteiger partial charge in [0.2, 0.25) is 15.9 Å². The molecule has 1 fully saturated rings. The Morgan fingerprint density at radius 3 is 2.64 bits per heavy atom. The molecule has 0 atom stereocenters. The minimum absolute atomic E-state index is 0.00688. The van der Waals surface area contributed by atoms with Gasteiger partial charge in [0.25, 0.3) is 0 Å². The van der Waals surface area contributed by atoms with Gasteiger partial charge in [-0.3, -0.25) is 9.52 Å². The third-order valence-electron chi connectivity index (χ3n) is 3.71. The zero-order valence-corrected chi connectivity index (χ0v) is 15.2. The van der Waals surface area contributed by atoms with E-state index >= 15 is 0 Å². The van der Waals surface area contributed by atoms with E-state index in [2.05, 4.69) is 10.0 Å². The van der Waals surface area contributed by atoms with Gasteiger partial charge in [-0.05, 0) is 24.6 Å². The molecule has 1 aromatic rings. The molecule has 1 aliphatic rings. The average Bonchev–Trinajstić information content (AvgIpc) is 2.68. The number of likely N-dealkylation sites (N-methyl/N-ethyl adjacent to an activating group) is 1. The van der Waals surface area contributed by atoms with E-state index in [9.17, 15) is 18.0 Å². The first-order valence-electron chi connectivity index (χ1n) is 7.65. The van der Waals surface area contributed by atoms with Crippen molar-refractivity contribution in [3.8, 4) is 5.75 Å². The number of anilines is 2. The summed E-state index contributed by atoms with van der Waals surface area (Å²) in [5.41, 5.74) is 0.608. The number of rotatable bonds is 4. The molecule has 0 radical (unpaired) electrons. The molecule has 1 saturated heterocycles. The number of hydrogen-bond donors (Lipinski definition) is 2. The third kappa shape index (κ3) is 5.24. The Balaban J connectivity index is 2.15. The van der Waals surface area contributed by atoms with Gasteiger partial charge in [0.1, 0.15) is 12.3 Å². The number of benzene rings is 1. The maximum Gasteiger partial charge on any atom is 0.322 e. The van der Waals surface area contributed by atoms with E-state index in [4.69, 9.17) is 4.74 Å². The summed E-state index contributed by atoms with van der Waals surface area (Å²) in [5, 5.41) is 2.68. The molecule has 1 aromatic carbocycles. The van der Waals surface area contributed by atoms with E-state index in [1.165, 1.54) is 18.1 Å². The number of carbonyl (C=O) groups is 2. The first kappa shape index (κ1) is 18.8. The average molecular weight is 370 g/mol. The normalized spacial score (nSPS) is 15.6. The van der Waals surface area contributed by atoms with Gasteiger partial charge in [-0.2, -0.15) is 0 Å². The Hall–Kier alpha value is -2.49. The molecule has 1 heterocycles. The van der Waals surface area contributed by atoms with E-state index in [-0.39, 0.29) is 18.1 Å². The van der Waals surface area contributed by atoms with Gasteiger partial charge < -0.3 is 19.9 Å². The number of nitrogens with zero attached hydrogens (tertiary/aromatic N) is 2. The third-order valence-corrected chi connectivity index (χ3v) is 4.30. The van der Waals surface area contributed by atoms with E-state index in [0.29, 0.717) is 30.9 Å². The van der Waals surface area contributed by atoms with Crippen molar-refractivity contribution in [3.05, 3.63) is 18.2 Å². The van der Waals surface area contributed by atoms with Gasteiger partial charge in [0.05, 0.1) is 19.1 Å². The Bertz CT molecular complexity index is 765. The number of hydrogen-bond acceptors (Lipinski definition) is 5. The maximum atomic E-state index is 12.4. The number of methoxy groups -OCH3 is 1.